The zero-order chi connectivity index (χ0) is 13.2. The molecule has 0 heterocycles. The molecule has 0 spiro atoms. The highest BCUT2D eigenvalue weighted by atomic mass is 16.6. The van der Waals surface area contributed by atoms with E-state index in [1.807, 2.05) is 48.5 Å². The summed E-state index contributed by atoms with van der Waals surface area (Å²) in [5.74, 6) is 0. The van der Waals surface area contributed by atoms with Crippen molar-refractivity contribution in [1.82, 2.24) is 0 Å². The molecule has 0 N–H and O–H groups in total. The summed E-state index contributed by atoms with van der Waals surface area (Å²) < 4.78 is 0. The average molecular weight is 249 g/mol. The van der Waals surface area contributed by atoms with Crippen LogP contribution >= 0.6 is 0 Å². The molecular formula is C16H11NO2. The van der Waals surface area contributed by atoms with E-state index in [0.717, 1.165) is 16.5 Å². The van der Waals surface area contributed by atoms with E-state index in [1.165, 1.54) is 6.07 Å². The third-order valence-corrected chi connectivity index (χ3v) is 3.18. The Labute approximate surface area is 110 Å². The Kier molecular flexibility index (Phi) is 2.72. The van der Waals surface area contributed by atoms with E-state index in [-0.39, 0.29) is 10.6 Å². The highest BCUT2D eigenvalue weighted by Crippen LogP contribution is 2.33. The Hall–Kier alpha value is -2.68. The SMILES string of the molecule is O=[N+]([O-])c1cccc2c(-c3ccccc3)cccc12. The fraction of sp³-hybridized carbons (Fsp3) is 0. The van der Waals surface area contributed by atoms with Crippen molar-refractivity contribution in [1.29, 1.82) is 0 Å². The van der Waals surface area contributed by atoms with Gasteiger partial charge in [0.25, 0.3) is 5.69 Å². The Morgan fingerprint density at radius 1 is 0.737 bits per heavy atom. The van der Waals surface area contributed by atoms with Gasteiger partial charge in [0.2, 0.25) is 0 Å². The predicted octanol–water partition coefficient (Wildman–Crippen LogP) is 4.42. The van der Waals surface area contributed by atoms with Gasteiger partial charge in [-0.15, -0.1) is 0 Å². The predicted molar refractivity (Wildman–Crippen MR) is 76.0 cm³/mol. The van der Waals surface area contributed by atoms with Gasteiger partial charge in [-0.25, -0.2) is 0 Å². The fourth-order valence-electron chi connectivity index (χ4n) is 2.32. The first-order valence-electron chi connectivity index (χ1n) is 5.99. The molecule has 3 nitrogen and oxygen atoms in total. The van der Waals surface area contributed by atoms with Crippen LogP contribution in [0, 0.1) is 10.1 Å². The van der Waals surface area contributed by atoms with E-state index < -0.39 is 0 Å². The number of nitro benzene ring substituents is 1. The maximum Gasteiger partial charge on any atom is 0.277 e. The minimum atomic E-state index is -0.336. The lowest BCUT2D eigenvalue weighted by Gasteiger charge is -2.06. The molecule has 3 heteroatoms. The lowest BCUT2D eigenvalue weighted by atomic mass is 9.97. The maximum absolute atomic E-state index is 11.1. The van der Waals surface area contributed by atoms with Gasteiger partial charge in [-0.05, 0) is 22.6 Å². The molecule has 0 amide bonds. The number of hydrogen-bond acceptors (Lipinski definition) is 2. The molecule has 0 aliphatic heterocycles. The third-order valence-electron chi connectivity index (χ3n) is 3.18. The van der Waals surface area contributed by atoms with Crippen LogP contribution in [0.1, 0.15) is 0 Å². The molecule has 3 aromatic carbocycles. The van der Waals surface area contributed by atoms with Crippen LogP contribution in [0.5, 0.6) is 0 Å². The molecule has 0 fully saturated rings. The number of non-ortho nitro benzene ring substituents is 1. The molecule has 0 bridgehead atoms. The molecule has 0 aliphatic carbocycles. The molecule has 0 radical (unpaired) electrons. The Balaban J connectivity index is 2.34. The molecule has 0 atom stereocenters. The van der Waals surface area contributed by atoms with Crippen LogP contribution in [0.4, 0.5) is 5.69 Å². The van der Waals surface area contributed by atoms with Gasteiger partial charge in [-0.3, -0.25) is 10.1 Å². The number of nitrogens with zero attached hydrogens (tertiary/aromatic N) is 1. The molecule has 19 heavy (non-hydrogen) atoms. The summed E-state index contributed by atoms with van der Waals surface area (Å²) in [5.41, 5.74) is 2.23. The van der Waals surface area contributed by atoms with Crippen LogP contribution < -0.4 is 0 Å². The summed E-state index contributed by atoms with van der Waals surface area (Å²) in [6.07, 6.45) is 0. The first-order chi connectivity index (χ1) is 9.27. The van der Waals surface area contributed by atoms with Crippen LogP contribution in [-0.2, 0) is 0 Å². The van der Waals surface area contributed by atoms with Crippen LogP contribution in [0.15, 0.2) is 66.7 Å². The minimum absolute atomic E-state index is 0.148. The molecule has 0 aliphatic rings. The second kappa shape index (κ2) is 4.53. The van der Waals surface area contributed by atoms with Gasteiger partial charge in [0.15, 0.2) is 0 Å². The van der Waals surface area contributed by atoms with E-state index in [4.69, 9.17) is 0 Å². The number of nitro groups is 1. The van der Waals surface area contributed by atoms with Crippen LogP contribution in [-0.4, -0.2) is 4.92 Å². The summed E-state index contributed by atoms with van der Waals surface area (Å²) in [6.45, 7) is 0. The quantitative estimate of drug-likeness (QED) is 0.498. The monoisotopic (exact) mass is 249 g/mol. The van der Waals surface area contributed by atoms with E-state index in [2.05, 4.69) is 0 Å². The average Bonchev–Trinajstić information content (AvgIpc) is 2.46. The molecule has 92 valence electrons. The third kappa shape index (κ3) is 1.95. The molecule has 0 unspecified atom stereocenters. The first kappa shape index (κ1) is 11.4. The van der Waals surface area contributed by atoms with Gasteiger partial charge in [0.05, 0.1) is 10.3 Å². The highest BCUT2D eigenvalue weighted by Gasteiger charge is 2.13. The van der Waals surface area contributed by atoms with Crippen LogP contribution in [0.2, 0.25) is 0 Å². The Morgan fingerprint density at radius 2 is 1.42 bits per heavy atom. The largest absolute Gasteiger partial charge is 0.277 e. The highest BCUT2D eigenvalue weighted by molar-refractivity contribution is 6.01. The van der Waals surface area contributed by atoms with Gasteiger partial charge in [0.1, 0.15) is 0 Å². The van der Waals surface area contributed by atoms with Crippen molar-refractivity contribution < 1.29 is 4.92 Å². The van der Waals surface area contributed by atoms with Crippen LogP contribution in [0.3, 0.4) is 0 Å². The maximum atomic E-state index is 11.1. The lowest BCUT2D eigenvalue weighted by molar-refractivity contribution is -0.383. The number of hydrogen-bond donors (Lipinski definition) is 0. The lowest BCUT2D eigenvalue weighted by Crippen LogP contribution is -1.90. The second-order valence-electron chi connectivity index (χ2n) is 4.30. The van der Waals surface area contributed by atoms with Gasteiger partial charge >= 0.3 is 0 Å². The first-order valence-corrected chi connectivity index (χ1v) is 5.99. The number of benzene rings is 3. The standard InChI is InChI=1S/C16H11NO2/c18-17(19)16-11-5-9-14-13(8-4-10-15(14)16)12-6-2-1-3-7-12/h1-11H. The topological polar surface area (TPSA) is 43.1 Å². The van der Waals surface area contributed by atoms with E-state index >= 15 is 0 Å². The van der Waals surface area contributed by atoms with Crippen LogP contribution in [0.25, 0.3) is 21.9 Å². The van der Waals surface area contributed by atoms with E-state index in [0.29, 0.717) is 5.39 Å². The van der Waals surface area contributed by atoms with Gasteiger partial charge < -0.3 is 0 Å². The van der Waals surface area contributed by atoms with Gasteiger partial charge in [-0.2, -0.15) is 0 Å². The Bertz CT molecular complexity index is 751. The zero-order valence-corrected chi connectivity index (χ0v) is 10.1. The summed E-state index contributed by atoms with van der Waals surface area (Å²) in [4.78, 5) is 10.7. The molecule has 0 aromatic heterocycles. The van der Waals surface area contributed by atoms with E-state index in [1.54, 1.807) is 12.1 Å². The van der Waals surface area contributed by atoms with Crippen molar-refractivity contribution in [3.8, 4) is 11.1 Å². The van der Waals surface area contributed by atoms with Crippen molar-refractivity contribution in [2.45, 2.75) is 0 Å². The van der Waals surface area contributed by atoms with Crippen molar-refractivity contribution in [2.24, 2.45) is 0 Å². The molecule has 3 aromatic rings. The normalized spacial score (nSPS) is 10.5. The van der Waals surface area contributed by atoms with Crippen molar-refractivity contribution in [3.63, 3.8) is 0 Å². The summed E-state index contributed by atoms with van der Waals surface area (Å²) in [5, 5.41) is 12.6. The van der Waals surface area contributed by atoms with E-state index in [9.17, 15) is 10.1 Å². The van der Waals surface area contributed by atoms with Gasteiger partial charge in [0, 0.05) is 6.07 Å². The van der Waals surface area contributed by atoms with Crippen molar-refractivity contribution in [2.75, 3.05) is 0 Å². The van der Waals surface area contributed by atoms with Crippen molar-refractivity contribution in [3.05, 3.63) is 76.8 Å². The molecule has 0 saturated heterocycles. The fourth-order valence-corrected chi connectivity index (χ4v) is 2.32. The number of fused-ring (bicyclic) bond motifs is 1. The van der Waals surface area contributed by atoms with Gasteiger partial charge in [-0.1, -0.05) is 54.6 Å². The minimum Gasteiger partial charge on any atom is -0.258 e. The smallest absolute Gasteiger partial charge is 0.258 e. The zero-order valence-electron chi connectivity index (χ0n) is 10.1. The summed E-state index contributed by atoms with van der Waals surface area (Å²) >= 11 is 0. The van der Waals surface area contributed by atoms with Crippen molar-refractivity contribution >= 4 is 16.5 Å². The molecular weight excluding hydrogens is 238 g/mol. The second-order valence-corrected chi connectivity index (χ2v) is 4.30. The Morgan fingerprint density at radius 3 is 2.16 bits per heavy atom. The summed E-state index contributed by atoms with van der Waals surface area (Å²) in [6, 6.07) is 20.7. The molecule has 0 saturated carbocycles. The number of rotatable bonds is 2. The summed E-state index contributed by atoms with van der Waals surface area (Å²) in [7, 11) is 0. The molecule has 3 rings (SSSR count).